The number of aromatic nitrogens is 1. The van der Waals surface area contributed by atoms with E-state index in [4.69, 9.17) is 16.7 Å². The molecule has 0 unspecified atom stereocenters. The predicted molar refractivity (Wildman–Crippen MR) is 104 cm³/mol. The van der Waals surface area contributed by atoms with Crippen LogP contribution in [0.3, 0.4) is 0 Å². The number of aromatic carboxylic acids is 1. The van der Waals surface area contributed by atoms with E-state index in [2.05, 4.69) is 5.32 Å². The summed E-state index contributed by atoms with van der Waals surface area (Å²) in [5, 5.41) is 20.1. The Bertz CT molecular complexity index is 1250. The number of amides is 1. The molecule has 10 heteroatoms. The second-order valence-electron chi connectivity index (χ2n) is 6.36. The van der Waals surface area contributed by atoms with Crippen LogP contribution in [-0.2, 0) is 22.6 Å². The molecule has 3 N–H and O–H groups in total. The number of carboxylic acid groups (broad SMARTS) is 2. The first-order chi connectivity index (χ1) is 14.2. The quantitative estimate of drug-likeness (QED) is 0.530. The van der Waals surface area contributed by atoms with E-state index in [0.717, 1.165) is 10.5 Å². The molecule has 0 aliphatic heterocycles. The number of carboxylic acids is 2. The molecule has 2 heterocycles. The molecule has 3 aromatic rings. The van der Waals surface area contributed by atoms with Crippen LogP contribution in [0.4, 0.5) is 4.39 Å². The number of nitrogens with one attached hydrogen (secondary N) is 1. The zero-order chi connectivity index (χ0) is 22.0. The van der Waals surface area contributed by atoms with Gasteiger partial charge in [0.25, 0.3) is 5.56 Å². The number of hydrogen-bond acceptors (Lipinski definition) is 4. The molecule has 0 saturated carbocycles. The Balaban J connectivity index is 2.08. The zero-order valence-electron chi connectivity index (χ0n) is 15.2. The van der Waals surface area contributed by atoms with E-state index in [9.17, 15) is 28.7 Å². The van der Waals surface area contributed by atoms with Crippen LogP contribution in [0.15, 0.2) is 47.4 Å². The molecule has 0 aliphatic carbocycles. The van der Waals surface area contributed by atoms with Gasteiger partial charge in [0.15, 0.2) is 0 Å². The van der Waals surface area contributed by atoms with Gasteiger partial charge in [-0.05, 0) is 34.9 Å². The average Bonchev–Trinajstić information content (AvgIpc) is 2.70. The van der Waals surface area contributed by atoms with Crippen LogP contribution < -0.4 is 10.9 Å². The number of benzene rings is 1. The Hall–Kier alpha value is -3.72. The number of aliphatic carboxylic acids is 1. The van der Waals surface area contributed by atoms with Crippen LogP contribution >= 0.6 is 11.6 Å². The lowest BCUT2D eigenvalue weighted by molar-refractivity contribution is -0.150. The third kappa shape index (κ3) is 4.15. The van der Waals surface area contributed by atoms with Crippen LogP contribution in [0.1, 0.15) is 27.0 Å². The minimum absolute atomic E-state index is 0.0462. The monoisotopic (exact) mass is 432 g/mol. The van der Waals surface area contributed by atoms with E-state index in [1.54, 1.807) is 12.1 Å². The lowest BCUT2D eigenvalue weighted by atomic mass is 10.0. The van der Waals surface area contributed by atoms with E-state index in [1.807, 2.05) is 0 Å². The maximum Gasteiger partial charge on any atom is 0.394 e. The molecular formula is C20H14ClFN2O6. The van der Waals surface area contributed by atoms with Gasteiger partial charge in [-0.3, -0.25) is 14.0 Å². The van der Waals surface area contributed by atoms with Crippen molar-refractivity contribution < 1.29 is 29.0 Å². The molecule has 30 heavy (non-hydrogen) atoms. The molecule has 0 spiro atoms. The number of nitrogens with zero attached hydrogens (tertiary/aromatic N) is 1. The maximum atomic E-state index is 14.2. The molecule has 1 amide bonds. The van der Waals surface area contributed by atoms with Crippen molar-refractivity contribution in [2.45, 2.75) is 13.0 Å². The summed E-state index contributed by atoms with van der Waals surface area (Å²) >= 11 is 5.79. The Morgan fingerprint density at radius 2 is 1.83 bits per heavy atom. The summed E-state index contributed by atoms with van der Waals surface area (Å²) in [7, 11) is 0. The number of rotatable bonds is 5. The van der Waals surface area contributed by atoms with E-state index in [-0.39, 0.29) is 29.1 Å². The number of fused-ring (bicyclic) bond motifs is 1. The Kier molecular flexibility index (Phi) is 5.84. The molecular weight excluding hydrogens is 419 g/mol. The minimum atomic E-state index is -1.70. The van der Waals surface area contributed by atoms with Gasteiger partial charge in [-0.1, -0.05) is 29.8 Å². The number of halogens is 2. The topological polar surface area (TPSA) is 125 Å². The van der Waals surface area contributed by atoms with Gasteiger partial charge < -0.3 is 15.5 Å². The SMILES string of the molecule is O=C(O)C(=O)NCc1cc(C(=O)O)c(=O)n2cc(Cc3cccc(Cl)c3F)ccc12. The molecule has 0 fully saturated rings. The van der Waals surface area contributed by atoms with Crippen LogP contribution in [0, 0.1) is 5.82 Å². The highest BCUT2D eigenvalue weighted by Gasteiger charge is 2.17. The van der Waals surface area contributed by atoms with Gasteiger partial charge in [-0.15, -0.1) is 0 Å². The molecule has 0 aliphatic rings. The highest BCUT2D eigenvalue weighted by atomic mass is 35.5. The zero-order valence-corrected chi connectivity index (χ0v) is 15.9. The highest BCUT2D eigenvalue weighted by Crippen LogP contribution is 2.21. The maximum absolute atomic E-state index is 14.2. The third-order valence-electron chi connectivity index (χ3n) is 4.40. The fourth-order valence-corrected chi connectivity index (χ4v) is 3.16. The lowest BCUT2D eigenvalue weighted by Gasteiger charge is -2.12. The van der Waals surface area contributed by atoms with E-state index in [1.165, 1.54) is 24.4 Å². The van der Waals surface area contributed by atoms with Gasteiger partial charge in [0.05, 0.1) is 10.5 Å². The summed E-state index contributed by atoms with van der Waals surface area (Å²) in [4.78, 5) is 46.1. The summed E-state index contributed by atoms with van der Waals surface area (Å²) in [6.07, 6.45) is 1.46. The Morgan fingerprint density at radius 1 is 1.10 bits per heavy atom. The minimum Gasteiger partial charge on any atom is -0.477 e. The normalized spacial score (nSPS) is 10.7. The molecule has 8 nitrogen and oxygen atoms in total. The Morgan fingerprint density at radius 3 is 2.50 bits per heavy atom. The van der Waals surface area contributed by atoms with Crippen molar-refractivity contribution >= 4 is 35.0 Å². The summed E-state index contributed by atoms with van der Waals surface area (Å²) in [5.74, 6) is -5.05. The van der Waals surface area contributed by atoms with Crippen LogP contribution in [-0.4, -0.2) is 32.5 Å². The molecule has 154 valence electrons. The van der Waals surface area contributed by atoms with Crippen molar-refractivity contribution in [1.29, 1.82) is 0 Å². The Labute approximate surface area is 173 Å². The van der Waals surface area contributed by atoms with Gasteiger partial charge in [0.1, 0.15) is 11.4 Å². The summed E-state index contributed by atoms with van der Waals surface area (Å²) in [6.45, 7) is -0.308. The molecule has 0 radical (unpaired) electrons. The molecule has 3 rings (SSSR count). The number of carbonyl (C=O) groups excluding carboxylic acids is 1. The van der Waals surface area contributed by atoms with Crippen LogP contribution in [0.5, 0.6) is 0 Å². The van der Waals surface area contributed by atoms with Gasteiger partial charge in [0, 0.05) is 19.2 Å². The number of pyridine rings is 2. The average molecular weight is 433 g/mol. The third-order valence-corrected chi connectivity index (χ3v) is 4.69. The van der Waals surface area contributed by atoms with Crippen molar-refractivity contribution in [3.8, 4) is 0 Å². The van der Waals surface area contributed by atoms with Crippen LogP contribution in [0.25, 0.3) is 5.52 Å². The standard InChI is InChI=1S/C20H14ClFN2O6/c21-14-3-1-2-11(16(14)22)6-10-4-5-15-12(8-23-17(25)20(29)30)7-13(19(27)28)18(26)24(15)9-10/h1-5,7,9H,6,8H2,(H,23,25)(H,27,28)(H,29,30). The first-order valence-corrected chi connectivity index (χ1v) is 8.91. The summed E-state index contributed by atoms with van der Waals surface area (Å²) < 4.78 is 15.3. The van der Waals surface area contributed by atoms with E-state index in [0.29, 0.717) is 11.1 Å². The first kappa shape index (κ1) is 21.0. The predicted octanol–water partition coefficient (Wildman–Crippen LogP) is 2.08. The van der Waals surface area contributed by atoms with Crippen LogP contribution in [0.2, 0.25) is 5.02 Å². The van der Waals surface area contributed by atoms with Crippen molar-refractivity contribution in [2.24, 2.45) is 0 Å². The number of carbonyl (C=O) groups is 3. The van der Waals surface area contributed by atoms with Crippen molar-refractivity contribution in [2.75, 3.05) is 0 Å². The van der Waals surface area contributed by atoms with E-state index < -0.39 is 34.8 Å². The van der Waals surface area contributed by atoms with Gasteiger partial charge in [0.2, 0.25) is 0 Å². The largest absolute Gasteiger partial charge is 0.477 e. The lowest BCUT2D eigenvalue weighted by Crippen LogP contribution is -2.31. The fourth-order valence-electron chi connectivity index (χ4n) is 2.97. The van der Waals surface area contributed by atoms with E-state index >= 15 is 0 Å². The second kappa shape index (κ2) is 8.34. The second-order valence-corrected chi connectivity index (χ2v) is 6.77. The first-order valence-electron chi connectivity index (χ1n) is 8.53. The molecule has 0 bridgehead atoms. The summed E-state index contributed by atoms with van der Waals surface area (Å²) in [6, 6.07) is 8.72. The smallest absolute Gasteiger partial charge is 0.394 e. The highest BCUT2D eigenvalue weighted by molar-refractivity contribution is 6.31. The molecule has 0 atom stereocenters. The van der Waals surface area contributed by atoms with Crippen molar-refractivity contribution in [3.63, 3.8) is 0 Å². The summed E-state index contributed by atoms with van der Waals surface area (Å²) in [5.41, 5.74) is -0.0856. The molecule has 0 saturated heterocycles. The number of hydrogen-bond donors (Lipinski definition) is 3. The van der Waals surface area contributed by atoms with Crippen molar-refractivity contribution in [3.05, 3.63) is 86.0 Å². The van der Waals surface area contributed by atoms with Gasteiger partial charge in [-0.25, -0.2) is 14.0 Å². The fraction of sp³-hybridized carbons (Fsp3) is 0.100. The van der Waals surface area contributed by atoms with Gasteiger partial charge >= 0.3 is 17.8 Å². The van der Waals surface area contributed by atoms with Crippen molar-refractivity contribution in [1.82, 2.24) is 9.72 Å². The van der Waals surface area contributed by atoms with Gasteiger partial charge in [-0.2, -0.15) is 0 Å². The molecule has 2 aromatic heterocycles. The molecule has 1 aromatic carbocycles.